The monoisotopic (exact) mass is 373 g/mol. The average Bonchev–Trinajstić information content (AvgIpc) is 2.68. The van der Waals surface area contributed by atoms with E-state index >= 15 is 0 Å². The lowest BCUT2D eigenvalue weighted by atomic mass is 10.2. The summed E-state index contributed by atoms with van der Waals surface area (Å²) in [6.45, 7) is 10.0. The predicted octanol–water partition coefficient (Wildman–Crippen LogP) is 4.47. The summed E-state index contributed by atoms with van der Waals surface area (Å²) in [6, 6.07) is 19.0. The topological polar surface area (TPSA) is 44.3 Å². The molecule has 1 aliphatic heterocycles. The van der Waals surface area contributed by atoms with E-state index < -0.39 is 0 Å². The van der Waals surface area contributed by atoms with E-state index in [1.54, 1.807) is 0 Å². The van der Waals surface area contributed by atoms with Gasteiger partial charge in [-0.3, -0.25) is 0 Å². The molecule has 0 amide bonds. The molecule has 0 atom stereocenters. The van der Waals surface area contributed by atoms with Gasteiger partial charge in [-0.25, -0.2) is 4.98 Å². The van der Waals surface area contributed by atoms with Gasteiger partial charge in [0, 0.05) is 49.3 Å². The van der Waals surface area contributed by atoms with E-state index in [9.17, 15) is 0 Å². The maximum absolute atomic E-state index is 4.78. The summed E-state index contributed by atoms with van der Waals surface area (Å²) in [4.78, 5) is 14.2. The second-order valence-electron chi connectivity index (χ2n) is 7.50. The number of aromatic nitrogens is 2. The van der Waals surface area contributed by atoms with Crippen molar-refractivity contribution in [3.05, 3.63) is 71.4 Å². The van der Waals surface area contributed by atoms with Crippen LogP contribution in [0.25, 0.3) is 0 Å². The van der Waals surface area contributed by atoms with E-state index in [0.717, 1.165) is 49.3 Å². The maximum atomic E-state index is 4.78. The van der Waals surface area contributed by atoms with E-state index in [-0.39, 0.29) is 0 Å². The lowest BCUT2D eigenvalue weighted by Gasteiger charge is -2.36. The van der Waals surface area contributed by atoms with E-state index in [1.165, 1.54) is 16.8 Å². The van der Waals surface area contributed by atoms with Crippen LogP contribution in [0, 0.1) is 20.8 Å². The number of nitrogens with one attached hydrogen (secondary N) is 1. The van der Waals surface area contributed by atoms with Crippen LogP contribution in [0.2, 0.25) is 0 Å². The highest BCUT2D eigenvalue weighted by molar-refractivity contribution is 5.59. The van der Waals surface area contributed by atoms with Crippen molar-refractivity contribution in [2.24, 2.45) is 0 Å². The summed E-state index contributed by atoms with van der Waals surface area (Å²) < 4.78 is 0. The fraction of sp³-hybridized carbons (Fsp3) is 0.304. The fourth-order valence-electron chi connectivity index (χ4n) is 3.62. The first-order chi connectivity index (χ1) is 13.6. The predicted molar refractivity (Wildman–Crippen MR) is 117 cm³/mol. The van der Waals surface area contributed by atoms with Crippen molar-refractivity contribution in [3.63, 3.8) is 0 Å². The summed E-state index contributed by atoms with van der Waals surface area (Å²) in [5.41, 5.74) is 5.85. The molecule has 0 aliphatic carbocycles. The van der Waals surface area contributed by atoms with Crippen molar-refractivity contribution in [2.75, 3.05) is 41.3 Å². The molecule has 5 nitrogen and oxygen atoms in total. The van der Waals surface area contributed by atoms with Crippen LogP contribution in [0.4, 0.5) is 23.1 Å². The number of rotatable bonds is 4. The molecular formula is C23H27N5. The van der Waals surface area contributed by atoms with Gasteiger partial charge in [0.05, 0.1) is 0 Å². The van der Waals surface area contributed by atoms with Gasteiger partial charge >= 0.3 is 0 Å². The van der Waals surface area contributed by atoms with Gasteiger partial charge in [0.2, 0.25) is 5.95 Å². The molecule has 4 rings (SSSR count). The van der Waals surface area contributed by atoms with Crippen molar-refractivity contribution in [1.82, 2.24) is 9.97 Å². The third kappa shape index (κ3) is 4.25. The molecule has 2 heterocycles. The summed E-state index contributed by atoms with van der Waals surface area (Å²) in [5, 5.41) is 3.42. The van der Waals surface area contributed by atoms with Crippen LogP contribution in [0.1, 0.15) is 16.8 Å². The lowest BCUT2D eigenvalue weighted by molar-refractivity contribution is 0.639. The first kappa shape index (κ1) is 18.3. The van der Waals surface area contributed by atoms with Crippen LogP contribution in [0.3, 0.4) is 0 Å². The number of benzene rings is 2. The van der Waals surface area contributed by atoms with Gasteiger partial charge in [-0.1, -0.05) is 24.3 Å². The smallest absolute Gasteiger partial charge is 0.227 e. The van der Waals surface area contributed by atoms with E-state index in [1.807, 2.05) is 13.0 Å². The van der Waals surface area contributed by atoms with Gasteiger partial charge in [-0.05, 0) is 56.2 Å². The molecule has 2 aromatic carbocycles. The summed E-state index contributed by atoms with van der Waals surface area (Å²) >= 11 is 0. The van der Waals surface area contributed by atoms with Gasteiger partial charge in [0.25, 0.3) is 0 Å². The maximum Gasteiger partial charge on any atom is 0.227 e. The summed E-state index contributed by atoms with van der Waals surface area (Å²) in [7, 11) is 0. The SMILES string of the molecule is Cc1cccc(Nc2cc(C)nc(N3CCN(c4cccc(C)c4)CC3)n2)c1. The molecule has 0 spiro atoms. The van der Waals surface area contributed by atoms with Gasteiger partial charge in [-0.15, -0.1) is 0 Å². The molecule has 1 saturated heterocycles. The minimum atomic E-state index is 0.805. The zero-order valence-electron chi connectivity index (χ0n) is 16.8. The van der Waals surface area contributed by atoms with Crippen molar-refractivity contribution in [1.29, 1.82) is 0 Å². The number of aryl methyl sites for hydroxylation is 3. The van der Waals surface area contributed by atoms with Crippen molar-refractivity contribution < 1.29 is 0 Å². The number of hydrogen-bond acceptors (Lipinski definition) is 5. The highest BCUT2D eigenvalue weighted by atomic mass is 15.3. The molecule has 1 fully saturated rings. The molecule has 0 radical (unpaired) electrons. The Kier molecular flexibility index (Phi) is 5.15. The molecule has 3 aromatic rings. The molecule has 0 saturated carbocycles. The molecule has 1 N–H and O–H groups in total. The van der Waals surface area contributed by atoms with Gasteiger partial charge in [-0.2, -0.15) is 4.98 Å². The number of nitrogens with zero attached hydrogens (tertiary/aromatic N) is 4. The minimum Gasteiger partial charge on any atom is -0.368 e. The molecule has 144 valence electrons. The zero-order valence-corrected chi connectivity index (χ0v) is 16.8. The number of anilines is 4. The quantitative estimate of drug-likeness (QED) is 0.731. The Hall–Kier alpha value is -3.08. The van der Waals surface area contributed by atoms with Gasteiger partial charge in [0.1, 0.15) is 5.82 Å². The van der Waals surface area contributed by atoms with Crippen LogP contribution in [0.5, 0.6) is 0 Å². The Balaban J connectivity index is 1.47. The Bertz CT molecular complexity index is 961. The van der Waals surface area contributed by atoms with Crippen molar-refractivity contribution in [2.45, 2.75) is 20.8 Å². The Morgan fingerprint density at radius 3 is 2.14 bits per heavy atom. The zero-order chi connectivity index (χ0) is 19.5. The normalized spacial score (nSPS) is 14.2. The number of hydrogen-bond donors (Lipinski definition) is 1. The Morgan fingerprint density at radius 2 is 1.43 bits per heavy atom. The van der Waals surface area contributed by atoms with Crippen molar-refractivity contribution >= 4 is 23.1 Å². The standard InChI is InChI=1S/C23H27N5/c1-17-6-4-8-20(14-17)25-22-16-19(3)24-23(26-22)28-12-10-27(11-13-28)21-9-5-7-18(2)15-21/h4-9,14-16H,10-13H2,1-3H3,(H,24,25,26). The van der Waals surface area contributed by atoms with Gasteiger partial charge < -0.3 is 15.1 Å². The summed E-state index contributed by atoms with van der Waals surface area (Å²) in [5.74, 6) is 1.65. The highest BCUT2D eigenvalue weighted by Gasteiger charge is 2.20. The van der Waals surface area contributed by atoms with Crippen molar-refractivity contribution in [3.8, 4) is 0 Å². The third-order valence-corrected chi connectivity index (χ3v) is 5.06. The number of piperazine rings is 1. The van der Waals surface area contributed by atoms with Gasteiger partial charge in [0.15, 0.2) is 0 Å². The van der Waals surface area contributed by atoms with Crippen LogP contribution in [-0.4, -0.2) is 36.1 Å². The molecule has 1 aromatic heterocycles. The first-order valence-corrected chi connectivity index (χ1v) is 9.83. The highest BCUT2D eigenvalue weighted by Crippen LogP contribution is 2.22. The first-order valence-electron chi connectivity index (χ1n) is 9.83. The molecule has 0 bridgehead atoms. The van der Waals surface area contributed by atoms with Crippen LogP contribution in [0.15, 0.2) is 54.6 Å². The van der Waals surface area contributed by atoms with E-state index in [4.69, 9.17) is 4.98 Å². The van der Waals surface area contributed by atoms with E-state index in [2.05, 4.69) is 82.5 Å². The largest absolute Gasteiger partial charge is 0.368 e. The van der Waals surface area contributed by atoms with Crippen LogP contribution >= 0.6 is 0 Å². The molecular weight excluding hydrogens is 346 g/mol. The molecule has 0 unspecified atom stereocenters. The molecule has 28 heavy (non-hydrogen) atoms. The lowest BCUT2D eigenvalue weighted by Crippen LogP contribution is -2.47. The molecule has 5 heteroatoms. The third-order valence-electron chi connectivity index (χ3n) is 5.06. The van der Waals surface area contributed by atoms with Crippen LogP contribution in [-0.2, 0) is 0 Å². The second-order valence-corrected chi connectivity index (χ2v) is 7.50. The average molecular weight is 374 g/mol. The minimum absolute atomic E-state index is 0.805. The fourth-order valence-corrected chi connectivity index (χ4v) is 3.62. The van der Waals surface area contributed by atoms with Crippen LogP contribution < -0.4 is 15.1 Å². The molecule has 1 aliphatic rings. The summed E-state index contributed by atoms with van der Waals surface area (Å²) in [6.07, 6.45) is 0. The second kappa shape index (κ2) is 7.89. The Morgan fingerprint density at radius 1 is 0.750 bits per heavy atom. The Labute approximate surface area is 167 Å². The van der Waals surface area contributed by atoms with E-state index in [0.29, 0.717) is 0 Å².